The maximum absolute atomic E-state index is 12.5. The minimum atomic E-state index is 0.0765. The molecule has 1 amide bonds. The summed E-state index contributed by atoms with van der Waals surface area (Å²) in [4.78, 5) is 14.4. The number of nitrogens with two attached hydrogens (primary N) is 1. The first-order chi connectivity index (χ1) is 8.49. The number of halogens is 1. The molecule has 0 saturated carbocycles. The number of likely N-dealkylation sites (tertiary alicyclic amines) is 1. The van der Waals surface area contributed by atoms with Gasteiger partial charge in [0.2, 0.25) is 0 Å². The Kier molecular flexibility index (Phi) is 3.95. The molecule has 1 aliphatic heterocycles. The van der Waals surface area contributed by atoms with Gasteiger partial charge in [-0.15, -0.1) is 0 Å². The molecule has 1 aromatic rings. The van der Waals surface area contributed by atoms with Crippen LogP contribution in [0.5, 0.6) is 0 Å². The van der Waals surface area contributed by atoms with Gasteiger partial charge < -0.3 is 10.6 Å². The third-order valence-corrected chi connectivity index (χ3v) is 4.30. The zero-order chi connectivity index (χ0) is 13.3. The number of hydrogen-bond donors (Lipinski definition) is 1. The van der Waals surface area contributed by atoms with Crippen molar-refractivity contribution < 1.29 is 4.79 Å². The van der Waals surface area contributed by atoms with Crippen LogP contribution in [-0.2, 0) is 0 Å². The summed E-state index contributed by atoms with van der Waals surface area (Å²) in [6, 6.07) is 5.44. The quantitative estimate of drug-likeness (QED) is 0.810. The Balaban J connectivity index is 2.23. The van der Waals surface area contributed by atoms with E-state index < -0.39 is 0 Å². The molecule has 1 heterocycles. The second kappa shape index (κ2) is 5.31. The third-order valence-electron chi connectivity index (χ3n) is 3.42. The first-order valence-corrected chi connectivity index (χ1v) is 7.11. The number of carbonyl (C=O) groups is 1. The fourth-order valence-corrected chi connectivity index (χ4v) is 3.15. The Morgan fingerprint density at radius 3 is 2.56 bits per heavy atom. The van der Waals surface area contributed by atoms with Gasteiger partial charge in [-0.2, -0.15) is 0 Å². The molecule has 1 fully saturated rings. The summed E-state index contributed by atoms with van der Waals surface area (Å²) in [5, 5.41) is 0. The van der Waals surface area contributed by atoms with E-state index in [2.05, 4.69) is 29.8 Å². The van der Waals surface area contributed by atoms with Crippen LogP contribution in [0.3, 0.4) is 0 Å². The van der Waals surface area contributed by atoms with E-state index in [0.717, 1.165) is 13.1 Å². The van der Waals surface area contributed by atoms with Crippen molar-refractivity contribution in [1.29, 1.82) is 0 Å². The highest BCUT2D eigenvalue weighted by Crippen LogP contribution is 2.28. The summed E-state index contributed by atoms with van der Waals surface area (Å²) >= 11 is 3.41. The maximum Gasteiger partial charge on any atom is 0.255 e. The Morgan fingerprint density at radius 2 is 1.94 bits per heavy atom. The van der Waals surface area contributed by atoms with Crippen LogP contribution >= 0.6 is 15.9 Å². The molecule has 2 N–H and O–H groups in total. The number of nitrogen functional groups attached to an aromatic ring is 1. The van der Waals surface area contributed by atoms with Gasteiger partial charge in [-0.1, -0.05) is 19.9 Å². The van der Waals surface area contributed by atoms with Crippen LogP contribution in [0.1, 0.15) is 30.6 Å². The highest BCUT2D eigenvalue weighted by atomic mass is 79.9. The Bertz CT molecular complexity index is 451. The van der Waals surface area contributed by atoms with E-state index in [1.54, 1.807) is 6.07 Å². The lowest BCUT2D eigenvalue weighted by Gasteiger charge is -2.35. The zero-order valence-corrected chi connectivity index (χ0v) is 12.4. The van der Waals surface area contributed by atoms with E-state index >= 15 is 0 Å². The molecular formula is C14H19BrN2O. The molecule has 1 aliphatic rings. The number of amides is 1. The van der Waals surface area contributed by atoms with Crippen LogP contribution < -0.4 is 5.73 Å². The molecular weight excluding hydrogens is 292 g/mol. The van der Waals surface area contributed by atoms with Crippen LogP contribution in [0.15, 0.2) is 22.7 Å². The van der Waals surface area contributed by atoms with Crippen molar-refractivity contribution in [3.8, 4) is 0 Å². The largest absolute Gasteiger partial charge is 0.398 e. The second-order valence-corrected chi connectivity index (χ2v) is 6.16. The van der Waals surface area contributed by atoms with Crippen LogP contribution in [0.25, 0.3) is 0 Å². The van der Waals surface area contributed by atoms with Gasteiger partial charge in [0.05, 0.1) is 10.0 Å². The molecule has 1 aromatic carbocycles. The summed E-state index contributed by atoms with van der Waals surface area (Å²) in [6.07, 6.45) is 1.20. The van der Waals surface area contributed by atoms with Crippen molar-refractivity contribution in [1.82, 2.24) is 4.90 Å². The lowest BCUT2D eigenvalue weighted by Crippen LogP contribution is -2.42. The molecule has 1 saturated heterocycles. The number of hydrogen-bond acceptors (Lipinski definition) is 2. The van der Waals surface area contributed by atoms with Crippen LogP contribution in [-0.4, -0.2) is 23.9 Å². The van der Waals surface area contributed by atoms with E-state index in [1.807, 2.05) is 17.0 Å². The number of benzene rings is 1. The monoisotopic (exact) mass is 310 g/mol. The smallest absolute Gasteiger partial charge is 0.255 e. The zero-order valence-electron chi connectivity index (χ0n) is 10.8. The molecule has 0 aliphatic carbocycles. The van der Waals surface area contributed by atoms with E-state index in [1.165, 1.54) is 6.42 Å². The number of rotatable bonds is 1. The average molecular weight is 311 g/mol. The normalized spacial score (nSPS) is 24.1. The van der Waals surface area contributed by atoms with Crippen molar-refractivity contribution in [2.75, 3.05) is 18.8 Å². The molecule has 0 bridgehead atoms. The molecule has 0 radical (unpaired) electrons. The summed E-state index contributed by atoms with van der Waals surface area (Å²) in [6.45, 7) is 6.07. The summed E-state index contributed by atoms with van der Waals surface area (Å²) in [5.41, 5.74) is 7.10. The Morgan fingerprint density at radius 1 is 1.33 bits per heavy atom. The predicted molar refractivity (Wildman–Crippen MR) is 77.4 cm³/mol. The summed E-state index contributed by atoms with van der Waals surface area (Å²) in [5.74, 6) is 1.21. The first-order valence-electron chi connectivity index (χ1n) is 6.32. The van der Waals surface area contributed by atoms with E-state index in [4.69, 9.17) is 5.73 Å². The molecule has 18 heavy (non-hydrogen) atoms. The maximum atomic E-state index is 12.5. The van der Waals surface area contributed by atoms with Gasteiger partial charge in [0.15, 0.2) is 0 Å². The number of carbonyl (C=O) groups excluding carboxylic acids is 1. The van der Waals surface area contributed by atoms with Gasteiger partial charge in [-0.3, -0.25) is 4.79 Å². The standard InChI is InChI=1S/C14H19BrN2O/c1-9-6-10(2)8-17(7-9)14(18)11-4-3-5-12(16)13(11)15/h3-5,9-10H,6-8,16H2,1-2H3. The minimum Gasteiger partial charge on any atom is -0.398 e. The lowest BCUT2D eigenvalue weighted by molar-refractivity contribution is 0.0622. The summed E-state index contributed by atoms with van der Waals surface area (Å²) < 4.78 is 0.709. The van der Waals surface area contributed by atoms with Gasteiger partial charge in [0.25, 0.3) is 5.91 Å². The van der Waals surface area contributed by atoms with Gasteiger partial charge in [-0.25, -0.2) is 0 Å². The van der Waals surface area contributed by atoms with Crippen molar-refractivity contribution >= 4 is 27.5 Å². The highest BCUT2D eigenvalue weighted by molar-refractivity contribution is 9.10. The van der Waals surface area contributed by atoms with E-state index in [-0.39, 0.29) is 5.91 Å². The Hall–Kier alpha value is -1.03. The molecule has 2 rings (SSSR count). The first kappa shape index (κ1) is 13.4. The van der Waals surface area contributed by atoms with Gasteiger partial charge in [-0.05, 0) is 46.3 Å². The lowest BCUT2D eigenvalue weighted by atomic mass is 9.91. The van der Waals surface area contributed by atoms with E-state index in [0.29, 0.717) is 27.6 Å². The highest BCUT2D eigenvalue weighted by Gasteiger charge is 2.27. The fraction of sp³-hybridized carbons (Fsp3) is 0.500. The van der Waals surface area contributed by atoms with Gasteiger partial charge >= 0.3 is 0 Å². The molecule has 2 unspecified atom stereocenters. The van der Waals surface area contributed by atoms with Crippen molar-refractivity contribution in [2.24, 2.45) is 11.8 Å². The van der Waals surface area contributed by atoms with Crippen molar-refractivity contribution in [2.45, 2.75) is 20.3 Å². The number of piperidine rings is 1. The molecule has 0 spiro atoms. The van der Waals surface area contributed by atoms with Crippen molar-refractivity contribution in [3.63, 3.8) is 0 Å². The molecule has 0 aromatic heterocycles. The number of nitrogens with zero attached hydrogens (tertiary/aromatic N) is 1. The SMILES string of the molecule is CC1CC(C)CN(C(=O)c2cccc(N)c2Br)C1. The van der Waals surface area contributed by atoms with Crippen LogP contribution in [0.4, 0.5) is 5.69 Å². The summed E-state index contributed by atoms with van der Waals surface area (Å²) in [7, 11) is 0. The fourth-order valence-electron chi connectivity index (χ4n) is 2.71. The minimum absolute atomic E-state index is 0.0765. The van der Waals surface area contributed by atoms with Gasteiger partial charge in [0, 0.05) is 18.8 Å². The molecule has 2 atom stereocenters. The van der Waals surface area contributed by atoms with E-state index in [9.17, 15) is 4.79 Å². The average Bonchev–Trinajstić information content (AvgIpc) is 2.30. The molecule has 4 heteroatoms. The third kappa shape index (κ3) is 2.69. The van der Waals surface area contributed by atoms with Crippen LogP contribution in [0.2, 0.25) is 0 Å². The molecule has 98 valence electrons. The predicted octanol–water partition coefficient (Wildman–Crippen LogP) is 3.15. The number of anilines is 1. The second-order valence-electron chi connectivity index (χ2n) is 5.36. The van der Waals surface area contributed by atoms with Crippen LogP contribution in [0, 0.1) is 11.8 Å². The Labute approximate surface area is 116 Å². The topological polar surface area (TPSA) is 46.3 Å². The van der Waals surface area contributed by atoms with Gasteiger partial charge in [0.1, 0.15) is 0 Å². The van der Waals surface area contributed by atoms with Crippen molar-refractivity contribution in [3.05, 3.63) is 28.2 Å². The molecule has 3 nitrogen and oxygen atoms in total.